The van der Waals surface area contributed by atoms with Gasteiger partial charge in [0.25, 0.3) is 11.5 Å². The Hall–Kier alpha value is -3.46. The molecular weight excluding hydrogens is 400 g/mol. The normalized spacial score (nSPS) is 14.9. The fourth-order valence-electron chi connectivity index (χ4n) is 3.91. The van der Waals surface area contributed by atoms with Crippen molar-refractivity contribution < 1.29 is 4.79 Å². The van der Waals surface area contributed by atoms with Crippen molar-refractivity contribution in [3.05, 3.63) is 63.2 Å². The average Bonchev–Trinajstić information content (AvgIpc) is 3.02. The van der Waals surface area contributed by atoms with Gasteiger partial charge in [-0.15, -0.1) is 0 Å². The Morgan fingerprint density at radius 2 is 1.83 bits per heavy atom. The highest BCUT2D eigenvalue weighted by atomic mass is 32.1. The molecule has 152 valence electrons. The molecule has 0 radical (unpaired) electrons. The molecule has 5 rings (SSSR count). The summed E-state index contributed by atoms with van der Waals surface area (Å²) in [5.41, 5.74) is 2.79. The summed E-state index contributed by atoms with van der Waals surface area (Å²) in [6.07, 6.45) is 0.846. The summed E-state index contributed by atoms with van der Waals surface area (Å²) in [6.45, 7) is 2.78. The highest BCUT2D eigenvalue weighted by Crippen LogP contribution is 2.19. The number of hydrogen-bond acceptors (Lipinski definition) is 5. The number of H-pyrrole nitrogens is 3. The third-order valence-electron chi connectivity index (χ3n) is 5.45. The molecule has 3 heterocycles. The minimum Gasteiger partial charge on any atom is -0.341 e. The third kappa shape index (κ3) is 3.37. The molecule has 30 heavy (non-hydrogen) atoms. The van der Waals surface area contributed by atoms with Crippen molar-refractivity contribution in [2.45, 2.75) is 6.42 Å². The molecule has 0 unspecified atom stereocenters. The average molecular weight is 420 g/mol. The van der Waals surface area contributed by atoms with Crippen molar-refractivity contribution >= 4 is 46.0 Å². The lowest BCUT2D eigenvalue weighted by atomic mass is 10.1. The lowest BCUT2D eigenvalue weighted by molar-refractivity contribution is 0.0767. The number of anilines is 1. The van der Waals surface area contributed by atoms with Gasteiger partial charge in [-0.1, -0.05) is 12.1 Å². The minimum absolute atomic E-state index is 0.0528. The maximum Gasteiger partial charge on any atom is 0.259 e. The number of aromatic nitrogens is 4. The number of para-hydroxylation sites is 2. The van der Waals surface area contributed by atoms with Gasteiger partial charge in [0.2, 0.25) is 5.95 Å². The first kappa shape index (κ1) is 18.6. The Kier molecular flexibility index (Phi) is 4.59. The molecule has 4 aromatic rings. The third-order valence-corrected chi connectivity index (χ3v) is 5.65. The monoisotopic (exact) mass is 420 g/mol. The number of hydrogen-bond donors (Lipinski definition) is 3. The Bertz CT molecular complexity index is 1340. The van der Waals surface area contributed by atoms with Gasteiger partial charge < -0.3 is 19.8 Å². The van der Waals surface area contributed by atoms with Crippen LogP contribution < -0.4 is 10.5 Å². The fraction of sp³-hybridized carbons (Fsp3) is 0.238. The molecule has 0 spiro atoms. The van der Waals surface area contributed by atoms with Gasteiger partial charge in [-0.05, 0) is 49.0 Å². The summed E-state index contributed by atoms with van der Waals surface area (Å²) in [5.74, 6) is 0.783. The minimum atomic E-state index is -0.260. The van der Waals surface area contributed by atoms with Crippen molar-refractivity contribution in [3.8, 4) is 0 Å². The van der Waals surface area contributed by atoms with Crippen LogP contribution in [0, 0.1) is 4.77 Å². The van der Waals surface area contributed by atoms with Crippen LogP contribution >= 0.6 is 12.2 Å². The molecule has 3 N–H and O–H groups in total. The number of benzene rings is 2. The van der Waals surface area contributed by atoms with Crippen LogP contribution in [0.3, 0.4) is 0 Å². The van der Waals surface area contributed by atoms with Gasteiger partial charge in [0.15, 0.2) is 4.77 Å². The van der Waals surface area contributed by atoms with Crippen LogP contribution in [0.5, 0.6) is 0 Å². The number of fused-ring (bicyclic) bond motifs is 2. The van der Waals surface area contributed by atoms with Crippen molar-refractivity contribution in [2.24, 2.45) is 0 Å². The second kappa shape index (κ2) is 7.42. The van der Waals surface area contributed by atoms with Gasteiger partial charge in [-0.3, -0.25) is 14.6 Å². The molecule has 1 amide bonds. The zero-order valence-electron chi connectivity index (χ0n) is 16.1. The van der Waals surface area contributed by atoms with E-state index in [0.29, 0.717) is 36.1 Å². The SMILES string of the molecule is O=C(c1ccc2c(=O)[nH]c(=S)[nH]c2c1)N1CCCN(c2nc3ccccc3[nH]2)CC1. The molecule has 1 aliphatic rings. The number of imidazole rings is 1. The summed E-state index contributed by atoms with van der Waals surface area (Å²) < 4.78 is 0.244. The lowest BCUT2D eigenvalue weighted by Gasteiger charge is -2.22. The van der Waals surface area contributed by atoms with E-state index in [-0.39, 0.29) is 16.2 Å². The number of rotatable bonds is 2. The molecule has 1 aliphatic heterocycles. The molecule has 2 aromatic heterocycles. The molecule has 1 saturated heterocycles. The number of carbonyl (C=O) groups is 1. The Morgan fingerprint density at radius 3 is 2.70 bits per heavy atom. The van der Waals surface area contributed by atoms with Gasteiger partial charge in [-0.2, -0.15) is 0 Å². The summed E-state index contributed by atoms with van der Waals surface area (Å²) >= 11 is 5.04. The van der Waals surface area contributed by atoms with E-state index in [0.717, 1.165) is 29.9 Å². The van der Waals surface area contributed by atoms with Gasteiger partial charge in [0.1, 0.15) is 0 Å². The first-order valence-electron chi connectivity index (χ1n) is 9.84. The van der Waals surface area contributed by atoms with E-state index in [9.17, 15) is 9.59 Å². The van der Waals surface area contributed by atoms with Gasteiger partial charge >= 0.3 is 0 Å². The summed E-state index contributed by atoms with van der Waals surface area (Å²) in [6, 6.07) is 13.0. The lowest BCUT2D eigenvalue weighted by Crippen LogP contribution is -2.35. The zero-order chi connectivity index (χ0) is 20.7. The van der Waals surface area contributed by atoms with Gasteiger partial charge in [0, 0.05) is 31.7 Å². The molecule has 0 saturated carbocycles. The topological polar surface area (TPSA) is 101 Å². The molecule has 8 nitrogen and oxygen atoms in total. The molecule has 2 aromatic carbocycles. The van der Waals surface area contributed by atoms with E-state index in [1.807, 2.05) is 29.2 Å². The summed E-state index contributed by atoms with van der Waals surface area (Å²) in [5, 5.41) is 0.479. The van der Waals surface area contributed by atoms with Crippen LogP contribution in [0.2, 0.25) is 0 Å². The van der Waals surface area contributed by atoms with Crippen LogP contribution in [0.15, 0.2) is 47.3 Å². The second-order valence-corrected chi connectivity index (χ2v) is 7.79. The molecule has 9 heteroatoms. The highest BCUT2D eigenvalue weighted by molar-refractivity contribution is 7.71. The quantitative estimate of drug-likeness (QED) is 0.433. The molecule has 0 bridgehead atoms. The van der Waals surface area contributed by atoms with Crippen LogP contribution in [0.4, 0.5) is 5.95 Å². The number of amides is 1. The van der Waals surface area contributed by atoms with E-state index in [1.165, 1.54) is 0 Å². The smallest absolute Gasteiger partial charge is 0.259 e. The maximum absolute atomic E-state index is 13.1. The predicted molar refractivity (Wildman–Crippen MR) is 119 cm³/mol. The van der Waals surface area contributed by atoms with Crippen molar-refractivity contribution in [2.75, 3.05) is 31.1 Å². The molecule has 1 fully saturated rings. The van der Waals surface area contributed by atoms with E-state index in [1.54, 1.807) is 18.2 Å². The second-order valence-electron chi connectivity index (χ2n) is 7.38. The van der Waals surface area contributed by atoms with Crippen molar-refractivity contribution in [1.82, 2.24) is 24.8 Å². The standard InChI is InChI=1S/C21H20N6O2S/c28-18-14-7-6-13(12-17(14)24-21(30)25-18)19(29)26-8-3-9-27(11-10-26)20-22-15-4-1-2-5-16(15)23-20/h1-2,4-7,12H,3,8-11H2,(H,22,23)(H2,24,25,28,30). The van der Waals surface area contributed by atoms with Crippen LogP contribution in [-0.4, -0.2) is 56.9 Å². The largest absolute Gasteiger partial charge is 0.341 e. The van der Waals surface area contributed by atoms with E-state index in [4.69, 9.17) is 12.2 Å². The van der Waals surface area contributed by atoms with E-state index in [2.05, 4.69) is 24.8 Å². The molecular formula is C21H20N6O2S. The Labute approximate surface area is 176 Å². The van der Waals surface area contributed by atoms with E-state index < -0.39 is 0 Å². The Balaban J connectivity index is 1.36. The van der Waals surface area contributed by atoms with Gasteiger partial charge in [-0.25, -0.2) is 4.98 Å². The maximum atomic E-state index is 13.1. The Morgan fingerprint density at radius 1 is 0.967 bits per heavy atom. The van der Waals surface area contributed by atoms with Crippen molar-refractivity contribution in [3.63, 3.8) is 0 Å². The van der Waals surface area contributed by atoms with Gasteiger partial charge in [0.05, 0.1) is 21.9 Å². The van der Waals surface area contributed by atoms with E-state index >= 15 is 0 Å². The number of nitrogens with one attached hydrogen (secondary N) is 3. The van der Waals surface area contributed by atoms with Crippen LogP contribution in [0.25, 0.3) is 21.9 Å². The first-order chi connectivity index (χ1) is 14.6. The predicted octanol–water partition coefficient (Wildman–Crippen LogP) is 2.81. The molecule has 0 aliphatic carbocycles. The van der Waals surface area contributed by atoms with Crippen LogP contribution in [0.1, 0.15) is 16.8 Å². The highest BCUT2D eigenvalue weighted by Gasteiger charge is 2.22. The summed E-state index contributed by atoms with van der Waals surface area (Å²) in [4.78, 5) is 42.7. The number of aromatic amines is 3. The number of nitrogens with zero attached hydrogens (tertiary/aromatic N) is 3. The molecule has 0 atom stereocenters. The fourth-order valence-corrected chi connectivity index (χ4v) is 4.11. The first-order valence-corrected chi connectivity index (χ1v) is 10.2. The van der Waals surface area contributed by atoms with Crippen molar-refractivity contribution in [1.29, 1.82) is 0 Å². The zero-order valence-corrected chi connectivity index (χ0v) is 17.0. The number of carbonyl (C=O) groups excluding carboxylic acids is 1. The summed E-state index contributed by atoms with van der Waals surface area (Å²) in [7, 11) is 0. The van der Waals surface area contributed by atoms with Crippen LogP contribution in [-0.2, 0) is 0 Å².